The van der Waals surface area contributed by atoms with E-state index < -0.39 is 5.41 Å². The molecule has 0 bridgehead atoms. The van der Waals surface area contributed by atoms with Crippen LogP contribution in [0.2, 0.25) is 0 Å². The fraction of sp³-hybridized carbons (Fsp3) is 0.545. The smallest absolute Gasteiger partial charge is 0.167 e. The van der Waals surface area contributed by atoms with Crippen molar-refractivity contribution >= 4 is 37.6 Å². The lowest BCUT2D eigenvalue weighted by Gasteiger charge is -2.24. The summed E-state index contributed by atoms with van der Waals surface area (Å²) in [6.45, 7) is 6.08. The zero-order valence-electron chi connectivity index (χ0n) is 8.55. The summed E-state index contributed by atoms with van der Waals surface area (Å²) in [4.78, 5) is 11.9. The van der Waals surface area contributed by atoms with Gasteiger partial charge in [-0.25, -0.2) is 0 Å². The van der Waals surface area contributed by atoms with Gasteiger partial charge in [-0.05, 0) is 13.0 Å². The first-order chi connectivity index (χ1) is 6.28. The van der Waals surface area contributed by atoms with Gasteiger partial charge >= 0.3 is 0 Å². The first-order valence-corrected chi connectivity index (χ1v) is 6.33. The highest BCUT2D eigenvalue weighted by Gasteiger charge is 2.36. The van der Waals surface area contributed by atoms with Crippen LogP contribution in [0.3, 0.4) is 0 Å². The molecule has 1 unspecified atom stereocenters. The van der Waals surface area contributed by atoms with Crippen molar-refractivity contribution in [2.24, 2.45) is 10.8 Å². The Bertz CT molecular complexity index is 302. The third-order valence-corrected chi connectivity index (χ3v) is 4.41. The molecule has 0 aliphatic heterocycles. The average Bonchev–Trinajstić information content (AvgIpc) is 2.18. The number of alkyl halides is 2. The van der Waals surface area contributed by atoms with E-state index in [9.17, 15) is 4.79 Å². The molecule has 78 valence electrons. The molecule has 0 saturated carbocycles. The molecule has 0 heterocycles. The standard InChI is InChI=1S/C11H14Br2O/c1-10(2)5-4-8(14)11(3,7-6-10)9(12)13/h4-7,9H,1-3H3. The second-order valence-corrected chi connectivity index (χ2v) is 7.50. The lowest BCUT2D eigenvalue weighted by Crippen LogP contribution is -2.29. The van der Waals surface area contributed by atoms with Crippen LogP contribution in [0.5, 0.6) is 0 Å². The number of carbonyl (C=O) groups is 1. The van der Waals surface area contributed by atoms with Crippen molar-refractivity contribution < 1.29 is 4.79 Å². The van der Waals surface area contributed by atoms with Crippen LogP contribution in [0.25, 0.3) is 0 Å². The predicted molar refractivity (Wildman–Crippen MR) is 66.8 cm³/mol. The van der Waals surface area contributed by atoms with E-state index in [0.717, 1.165) is 0 Å². The fourth-order valence-corrected chi connectivity index (χ4v) is 1.93. The van der Waals surface area contributed by atoms with Crippen LogP contribution < -0.4 is 0 Å². The van der Waals surface area contributed by atoms with Gasteiger partial charge in [-0.3, -0.25) is 4.79 Å². The monoisotopic (exact) mass is 320 g/mol. The number of hydrogen-bond donors (Lipinski definition) is 0. The van der Waals surface area contributed by atoms with Crippen LogP contribution in [0.15, 0.2) is 24.3 Å². The van der Waals surface area contributed by atoms with Gasteiger partial charge in [0.05, 0.1) is 9.15 Å². The van der Waals surface area contributed by atoms with Crippen molar-refractivity contribution in [1.29, 1.82) is 0 Å². The van der Waals surface area contributed by atoms with Gasteiger partial charge < -0.3 is 0 Å². The van der Waals surface area contributed by atoms with E-state index in [2.05, 4.69) is 51.8 Å². The number of halogens is 2. The van der Waals surface area contributed by atoms with Gasteiger partial charge in [0.25, 0.3) is 0 Å². The van der Waals surface area contributed by atoms with E-state index in [1.165, 1.54) is 0 Å². The summed E-state index contributed by atoms with van der Waals surface area (Å²) in [5.74, 6) is 0.123. The summed E-state index contributed by atoms with van der Waals surface area (Å²) in [6, 6.07) is 0. The Morgan fingerprint density at radius 2 is 1.71 bits per heavy atom. The molecule has 1 nitrogen and oxygen atoms in total. The molecule has 0 saturated heterocycles. The Kier molecular flexibility index (Phi) is 3.42. The number of ketones is 1. The molecule has 0 aromatic heterocycles. The van der Waals surface area contributed by atoms with Crippen molar-refractivity contribution in [3.05, 3.63) is 24.3 Å². The highest BCUT2D eigenvalue weighted by molar-refractivity contribution is 9.24. The number of rotatable bonds is 1. The van der Waals surface area contributed by atoms with Crippen molar-refractivity contribution in [1.82, 2.24) is 0 Å². The van der Waals surface area contributed by atoms with Crippen molar-refractivity contribution in [3.8, 4) is 0 Å². The molecule has 0 amide bonds. The summed E-state index contributed by atoms with van der Waals surface area (Å²) < 4.78 is -0.0372. The first-order valence-electron chi connectivity index (χ1n) is 4.50. The molecule has 0 aromatic carbocycles. The van der Waals surface area contributed by atoms with Gasteiger partial charge in [0, 0.05) is 5.41 Å². The van der Waals surface area contributed by atoms with Crippen LogP contribution >= 0.6 is 31.9 Å². The summed E-state index contributed by atoms with van der Waals surface area (Å²) in [6.07, 6.45) is 7.67. The summed E-state index contributed by atoms with van der Waals surface area (Å²) in [5, 5.41) is 0. The van der Waals surface area contributed by atoms with Gasteiger partial charge in [-0.15, -0.1) is 0 Å². The Labute approximate surface area is 102 Å². The second-order valence-electron chi connectivity index (χ2n) is 4.44. The number of allylic oxidation sites excluding steroid dienone is 4. The Balaban J connectivity index is 3.14. The molecule has 0 N–H and O–H groups in total. The second kappa shape index (κ2) is 3.93. The highest BCUT2D eigenvalue weighted by atomic mass is 79.9. The summed E-state index contributed by atoms with van der Waals surface area (Å²) in [7, 11) is 0. The van der Waals surface area contributed by atoms with Gasteiger partial charge in [0.15, 0.2) is 5.78 Å². The van der Waals surface area contributed by atoms with E-state index in [1.54, 1.807) is 6.08 Å². The molecule has 0 spiro atoms. The molecule has 14 heavy (non-hydrogen) atoms. The minimum absolute atomic E-state index is 0.0372. The van der Waals surface area contributed by atoms with E-state index >= 15 is 0 Å². The van der Waals surface area contributed by atoms with Gasteiger partial charge in [0.1, 0.15) is 0 Å². The Hall–Kier alpha value is 0.110. The lowest BCUT2D eigenvalue weighted by molar-refractivity contribution is -0.120. The van der Waals surface area contributed by atoms with Gasteiger partial charge in [0.2, 0.25) is 0 Å². The van der Waals surface area contributed by atoms with Crippen LogP contribution in [-0.2, 0) is 4.79 Å². The Morgan fingerprint density at radius 3 is 2.21 bits per heavy atom. The van der Waals surface area contributed by atoms with Gasteiger partial charge in [-0.1, -0.05) is 63.9 Å². The third-order valence-electron chi connectivity index (χ3n) is 2.51. The van der Waals surface area contributed by atoms with Crippen molar-refractivity contribution in [2.75, 3.05) is 0 Å². The van der Waals surface area contributed by atoms with E-state index in [0.29, 0.717) is 0 Å². The van der Waals surface area contributed by atoms with E-state index in [1.807, 2.05) is 19.1 Å². The largest absolute Gasteiger partial charge is 0.294 e. The molecule has 1 aliphatic carbocycles. The third kappa shape index (κ3) is 2.37. The van der Waals surface area contributed by atoms with Crippen molar-refractivity contribution in [3.63, 3.8) is 0 Å². The minimum Gasteiger partial charge on any atom is -0.294 e. The highest BCUT2D eigenvalue weighted by Crippen LogP contribution is 2.38. The molecular formula is C11H14Br2O. The zero-order valence-corrected chi connectivity index (χ0v) is 11.7. The average molecular weight is 322 g/mol. The topological polar surface area (TPSA) is 17.1 Å². The molecule has 1 rings (SSSR count). The van der Waals surface area contributed by atoms with Crippen LogP contribution in [0.4, 0.5) is 0 Å². The van der Waals surface area contributed by atoms with Crippen LogP contribution in [0.1, 0.15) is 20.8 Å². The quantitative estimate of drug-likeness (QED) is 0.530. The van der Waals surface area contributed by atoms with Crippen LogP contribution in [0, 0.1) is 10.8 Å². The fourth-order valence-electron chi connectivity index (χ4n) is 1.18. The molecule has 1 atom stereocenters. The Morgan fingerprint density at radius 1 is 1.14 bits per heavy atom. The maximum absolute atomic E-state index is 11.9. The predicted octanol–water partition coefficient (Wildman–Crippen LogP) is 3.83. The summed E-state index contributed by atoms with van der Waals surface area (Å²) in [5.41, 5.74) is -0.535. The molecular weight excluding hydrogens is 308 g/mol. The molecule has 0 radical (unpaired) electrons. The first kappa shape index (κ1) is 12.2. The minimum atomic E-state index is -0.496. The number of carbonyl (C=O) groups excluding carboxylic acids is 1. The molecule has 3 heteroatoms. The maximum atomic E-state index is 11.9. The van der Waals surface area contributed by atoms with Crippen molar-refractivity contribution in [2.45, 2.75) is 24.5 Å². The van der Waals surface area contributed by atoms with Gasteiger partial charge in [-0.2, -0.15) is 0 Å². The zero-order chi connectivity index (χ0) is 11.0. The number of hydrogen-bond acceptors (Lipinski definition) is 1. The normalized spacial score (nSPS) is 30.9. The SMILES string of the molecule is CC1(C)C=CC(=O)C(C)(C(Br)Br)C=C1. The van der Waals surface area contributed by atoms with Crippen LogP contribution in [-0.4, -0.2) is 9.52 Å². The molecule has 0 aromatic rings. The maximum Gasteiger partial charge on any atom is 0.167 e. The van der Waals surface area contributed by atoms with E-state index in [4.69, 9.17) is 0 Å². The molecule has 0 fully saturated rings. The van der Waals surface area contributed by atoms with E-state index in [-0.39, 0.29) is 14.9 Å². The lowest BCUT2D eigenvalue weighted by atomic mass is 9.87. The molecule has 1 aliphatic rings. The summed E-state index contributed by atoms with van der Waals surface area (Å²) >= 11 is 6.83.